The quantitative estimate of drug-likeness (QED) is 0.365. The Bertz CT molecular complexity index is 120. The third kappa shape index (κ3) is 0.833. The summed E-state index contributed by atoms with van der Waals surface area (Å²) in [7, 11) is 4.23. The fourth-order valence-corrected chi connectivity index (χ4v) is 0.951. The van der Waals surface area contributed by atoms with Gasteiger partial charge in [-0.2, -0.15) is 0 Å². The summed E-state index contributed by atoms with van der Waals surface area (Å²) in [6.45, 7) is 2.16. The largest absolute Gasteiger partial charge is 0.326 e. The third-order valence-corrected chi connectivity index (χ3v) is 2.14. The predicted octanol–water partition coefficient (Wildman–Crippen LogP) is -0.0491. The molecule has 0 amide bonds. The molecule has 1 rings (SSSR count). The maximum Gasteiger partial charge on any atom is 0.269 e. The van der Waals surface area contributed by atoms with Crippen LogP contribution < -0.4 is 5.32 Å². The molecule has 1 N–H and O–H groups in total. The second kappa shape index (κ2) is 1.67. The Morgan fingerprint density at radius 1 is 1.62 bits per heavy atom. The van der Waals surface area contributed by atoms with Gasteiger partial charge in [0.2, 0.25) is 0 Å². The number of nitrogens with zero attached hydrogens (tertiary/aromatic N) is 1. The lowest BCUT2D eigenvalue weighted by Gasteiger charge is -2.19. The molecule has 0 unspecified atom stereocenters. The van der Waals surface area contributed by atoms with Crippen molar-refractivity contribution in [2.24, 2.45) is 0 Å². The van der Waals surface area contributed by atoms with Crippen LogP contribution in [0.3, 0.4) is 0 Å². The fourth-order valence-electron chi connectivity index (χ4n) is 0.758. The molecule has 0 aromatic heterocycles. The Morgan fingerprint density at radius 2 is 2.25 bits per heavy atom. The number of hydrogen-bond donors (Lipinski definition) is 1. The maximum absolute atomic E-state index is 5.02. The first-order valence-corrected chi connectivity index (χ1v) is 3.15. The van der Waals surface area contributed by atoms with Crippen molar-refractivity contribution in [2.75, 3.05) is 27.2 Å². The zero-order valence-corrected chi connectivity index (χ0v) is 6.09. The second-order valence-electron chi connectivity index (χ2n) is 2.64. The van der Waals surface area contributed by atoms with Gasteiger partial charge in [-0.1, -0.05) is 0 Å². The highest BCUT2D eigenvalue weighted by Crippen LogP contribution is 2.02. The first-order valence-electron chi connectivity index (χ1n) is 2.74. The molecular weight excluding hydrogens is 120 g/mol. The molecule has 1 aliphatic heterocycles. The van der Waals surface area contributed by atoms with E-state index < -0.39 is 0 Å². The van der Waals surface area contributed by atoms with Gasteiger partial charge in [0.1, 0.15) is 6.54 Å². The molecule has 0 aromatic carbocycles. The van der Waals surface area contributed by atoms with Crippen LogP contribution in [0.25, 0.3) is 0 Å². The second-order valence-corrected chi connectivity index (χ2v) is 3.03. The van der Waals surface area contributed by atoms with Crippen LogP contribution >= 0.6 is 12.2 Å². The first kappa shape index (κ1) is 5.98. The van der Waals surface area contributed by atoms with Gasteiger partial charge in [0.25, 0.3) is 5.11 Å². The molecule has 0 saturated carbocycles. The Labute approximate surface area is 55.1 Å². The van der Waals surface area contributed by atoms with Gasteiger partial charge < -0.3 is 5.32 Å². The van der Waals surface area contributed by atoms with E-state index in [-0.39, 0.29) is 0 Å². The van der Waals surface area contributed by atoms with E-state index in [0.29, 0.717) is 0 Å². The number of nitrogens with one attached hydrogen (secondary N) is 1. The molecule has 0 bridgehead atoms. The highest BCUT2D eigenvalue weighted by molar-refractivity contribution is 7.79. The minimum absolute atomic E-state index is 0.856. The van der Waals surface area contributed by atoms with E-state index in [2.05, 4.69) is 19.4 Å². The standard InChI is InChI=1S/C5H10N2S/c1-7(2)4-3-6-5(7)8/h3-4H2,1-2H3/p+1. The summed E-state index contributed by atoms with van der Waals surface area (Å²) < 4.78 is 0.856. The minimum atomic E-state index is 0.856. The van der Waals surface area contributed by atoms with Gasteiger partial charge in [0.15, 0.2) is 0 Å². The van der Waals surface area contributed by atoms with Crippen LogP contribution in [-0.4, -0.2) is 36.8 Å². The zero-order chi connectivity index (χ0) is 6.20. The van der Waals surface area contributed by atoms with Gasteiger partial charge >= 0.3 is 0 Å². The van der Waals surface area contributed by atoms with E-state index in [1.807, 2.05) is 0 Å². The Balaban J connectivity index is 2.68. The molecule has 1 aliphatic rings. The fraction of sp³-hybridized carbons (Fsp3) is 0.800. The van der Waals surface area contributed by atoms with Crippen molar-refractivity contribution in [3.8, 4) is 0 Å². The smallest absolute Gasteiger partial charge is 0.269 e. The summed E-state index contributed by atoms with van der Waals surface area (Å²) >= 11 is 5.02. The summed E-state index contributed by atoms with van der Waals surface area (Å²) in [6, 6.07) is 0. The van der Waals surface area contributed by atoms with E-state index in [9.17, 15) is 0 Å². The Morgan fingerprint density at radius 3 is 2.38 bits per heavy atom. The zero-order valence-electron chi connectivity index (χ0n) is 5.27. The van der Waals surface area contributed by atoms with Crippen LogP contribution in [0.4, 0.5) is 0 Å². The van der Waals surface area contributed by atoms with Crippen molar-refractivity contribution >= 4 is 17.3 Å². The van der Waals surface area contributed by atoms with Crippen molar-refractivity contribution in [3.63, 3.8) is 0 Å². The lowest BCUT2D eigenvalue weighted by molar-refractivity contribution is -0.788. The highest BCUT2D eigenvalue weighted by Gasteiger charge is 2.27. The molecule has 8 heavy (non-hydrogen) atoms. The minimum Gasteiger partial charge on any atom is -0.326 e. The summed E-state index contributed by atoms with van der Waals surface area (Å²) in [5.74, 6) is 0. The SMILES string of the molecule is C[N+]1(C)CCNC1=S. The molecule has 3 heteroatoms. The monoisotopic (exact) mass is 131 g/mol. The lowest BCUT2D eigenvalue weighted by Crippen LogP contribution is -2.42. The van der Waals surface area contributed by atoms with Gasteiger partial charge in [0, 0.05) is 12.2 Å². The van der Waals surface area contributed by atoms with E-state index in [1.165, 1.54) is 0 Å². The van der Waals surface area contributed by atoms with Gasteiger partial charge in [-0.25, -0.2) is 0 Å². The van der Waals surface area contributed by atoms with Gasteiger partial charge in [-0.3, -0.25) is 4.48 Å². The van der Waals surface area contributed by atoms with Crippen molar-refractivity contribution in [2.45, 2.75) is 0 Å². The van der Waals surface area contributed by atoms with E-state index in [0.717, 1.165) is 22.7 Å². The summed E-state index contributed by atoms with van der Waals surface area (Å²) in [5.41, 5.74) is 0. The van der Waals surface area contributed by atoms with E-state index >= 15 is 0 Å². The Hall–Kier alpha value is -0.150. The topological polar surface area (TPSA) is 12.0 Å². The molecule has 1 saturated heterocycles. The molecule has 0 spiro atoms. The van der Waals surface area contributed by atoms with Crippen LogP contribution in [0.5, 0.6) is 0 Å². The van der Waals surface area contributed by atoms with Crippen molar-refractivity contribution in [3.05, 3.63) is 0 Å². The van der Waals surface area contributed by atoms with Crippen LogP contribution in [-0.2, 0) is 0 Å². The van der Waals surface area contributed by atoms with E-state index in [4.69, 9.17) is 12.2 Å². The molecule has 46 valence electrons. The predicted molar refractivity (Wildman–Crippen MR) is 37.6 cm³/mol. The van der Waals surface area contributed by atoms with Crippen LogP contribution in [0, 0.1) is 0 Å². The number of hydrogen-bond acceptors (Lipinski definition) is 1. The van der Waals surface area contributed by atoms with Crippen LogP contribution in [0.2, 0.25) is 0 Å². The van der Waals surface area contributed by atoms with Crippen LogP contribution in [0.1, 0.15) is 0 Å². The summed E-state index contributed by atoms with van der Waals surface area (Å²) in [5, 5.41) is 4.08. The number of rotatable bonds is 0. The van der Waals surface area contributed by atoms with Gasteiger partial charge in [-0.15, -0.1) is 0 Å². The summed E-state index contributed by atoms with van der Waals surface area (Å²) in [4.78, 5) is 0. The molecule has 1 fully saturated rings. The lowest BCUT2D eigenvalue weighted by atomic mass is 10.6. The highest BCUT2D eigenvalue weighted by atomic mass is 32.1. The van der Waals surface area contributed by atoms with E-state index in [1.54, 1.807) is 0 Å². The number of thiocarbonyl (C=S) groups is 1. The molecule has 0 atom stereocenters. The van der Waals surface area contributed by atoms with Crippen LogP contribution in [0.15, 0.2) is 0 Å². The molecule has 0 aliphatic carbocycles. The number of likely N-dealkylation sites (N-methyl/N-ethyl adjacent to an activating group) is 1. The normalized spacial score (nSPS) is 25.5. The summed E-state index contributed by atoms with van der Waals surface area (Å²) in [6.07, 6.45) is 0. The van der Waals surface area contributed by atoms with Crippen molar-refractivity contribution in [1.82, 2.24) is 5.32 Å². The van der Waals surface area contributed by atoms with Crippen molar-refractivity contribution < 1.29 is 4.48 Å². The van der Waals surface area contributed by atoms with Gasteiger partial charge in [0.05, 0.1) is 20.6 Å². The first-order chi connectivity index (χ1) is 3.63. The molecule has 0 radical (unpaired) electrons. The molecular formula is C5H11N2S+. The maximum atomic E-state index is 5.02. The Kier molecular flexibility index (Phi) is 1.25. The molecule has 0 aromatic rings. The number of quaternary nitrogens is 1. The third-order valence-electron chi connectivity index (χ3n) is 1.50. The molecule has 1 heterocycles. The van der Waals surface area contributed by atoms with Gasteiger partial charge in [-0.05, 0) is 0 Å². The average molecular weight is 131 g/mol. The van der Waals surface area contributed by atoms with Crippen molar-refractivity contribution in [1.29, 1.82) is 0 Å². The molecule has 2 nitrogen and oxygen atoms in total. The average Bonchev–Trinajstić information content (AvgIpc) is 1.86.